The fourth-order valence-electron chi connectivity index (χ4n) is 1.57. The maximum Gasteiger partial charge on any atom is 0.303 e. The van der Waals surface area contributed by atoms with Crippen LogP contribution in [0.5, 0.6) is 0 Å². The van der Waals surface area contributed by atoms with Crippen molar-refractivity contribution < 1.29 is 14.7 Å². The number of carbonyl (C=O) groups excluding carboxylic acids is 1. The molecule has 98 valence electrons. The van der Waals surface area contributed by atoms with Gasteiger partial charge in [-0.25, -0.2) is 0 Å². The summed E-state index contributed by atoms with van der Waals surface area (Å²) in [6, 6.07) is 0. The number of rotatable bonds is 11. The summed E-state index contributed by atoms with van der Waals surface area (Å²) in [5.74, 6) is -0.999. The Kier molecular flexibility index (Phi) is 10.6. The van der Waals surface area contributed by atoms with E-state index in [0.29, 0.717) is 0 Å². The van der Waals surface area contributed by atoms with Gasteiger partial charge in [-0.2, -0.15) is 0 Å². The molecule has 0 radical (unpaired) electrons. The van der Waals surface area contributed by atoms with Crippen molar-refractivity contribution in [3.8, 4) is 0 Å². The quantitative estimate of drug-likeness (QED) is 0.442. The number of carboxylic acids is 1. The van der Waals surface area contributed by atoms with E-state index in [1.54, 1.807) is 0 Å². The summed E-state index contributed by atoms with van der Waals surface area (Å²) in [4.78, 5) is 21.4. The Labute approximate surface area is 104 Å². The van der Waals surface area contributed by atoms with Crippen LogP contribution in [0.2, 0.25) is 0 Å². The van der Waals surface area contributed by atoms with Crippen molar-refractivity contribution in [2.24, 2.45) is 0 Å². The first kappa shape index (κ1) is 15.9. The third-order valence-corrected chi connectivity index (χ3v) is 2.61. The number of aliphatic carboxylic acids is 1. The van der Waals surface area contributed by atoms with Crippen LogP contribution < -0.4 is 0 Å². The topological polar surface area (TPSA) is 54.4 Å². The van der Waals surface area contributed by atoms with Crippen LogP contribution in [0, 0.1) is 0 Å². The molecule has 1 N–H and O–H groups in total. The summed E-state index contributed by atoms with van der Waals surface area (Å²) in [7, 11) is 0. The summed E-state index contributed by atoms with van der Waals surface area (Å²) in [5.41, 5.74) is 0. The summed E-state index contributed by atoms with van der Waals surface area (Å²) >= 11 is 0. The maximum absolute atomic E-state index is 11.2. The Hall–Kier alpha value is -1.12. The predicted octanol–water partition coefficient (Wildman–Crippen LogP) is 3.73. The predicted molar refractivity (Wildman–Crippen MR) is 69.0 cm³/mol. The first-order chi connectivity index (χ1) is 8.16. The molecule has 0 fully saturated rings. The van der Waals surface area contributed by atoms with Crippen LogP contribution >= 0.6 is 0 Å². The lowest BCUT2D eigenvalue weighted by molar-refractivity contribution is -0.138. The molecule has 0 aliphatic rings. The van der Waals surface area contributed by atoms with Crippen LogP contribution in [0.4, 0.5) is 0 Å². The van der Waals surface area contributed by atoms with Crippen molar-refractivity contribution in [1.29, 1.82) is 0 Å². The summed E-state index contributed by atoms with van der Waals surface area (Å²) in [5, 5.41) is 8.40. The Morgan fingerprint density at radius 1 is 1.00 bits per heavy atom. The van der Waals surface area contributed by atoms with Gasteiger partial charge in [-0.15, -0.1) is 0 Å². The third kappa shape index (κ3) is 12.8. The Bertz CT molecular complexity index is 244. The number of unbranched alkanes of at least 4 members (excludes halogenated alkanes) is 6. The highest BCUT2D eigenvalue weighted by Crippen LogP contribution is 2.07. The van der Waals surface area contributed by atoms with Crippen LogP contribution in [-0.2, 0) is 9.59 Å². The number of hydrogen-bond acceptors (Lipinski definition) is 2. The molecule has 0 spiro atoms. The molecule has 0 bridgehead atoms. The van der Waals surface area contributed by atoms with Gasteiger partial charge in [-0.05, 0) is 18.9 Å². The summed E-state index contributed by atoms with van der Waals surface area (Å²) in [6.45, 7) is 2.20. The van der Waals surface area contributed by atoms with Crippen molar-refractivity contribution in [3.05, 3.63) is 12.2 Å². The molecule has 0 rings (SSSR count). The molecule has 0 aliphatic heterocycles. The van der Waals surface area contributed by atoms with Gasteiger partial charge in [-0.1, -0.05) is 45.1 Å². The minimum Gasteiger partial charge on any atom is -0.481 e. The van der Waals surface area contributed by atoms with Crippen molar-refractivity contribution in [2.45, 2.75) is 64.7 Å². The Morgan fingerprint density at radius 3 is 2.29 bits per heavy atom. The van der Waals surface area contributed by atoms with Gasteiger partial charge in [-0.3, -0.25) is 9.59 Å². The normalized spacial score (nSPS) is 10.9. The minimum atomic E-state index is -0.914. The monoisotopic (exact) mass is 240 g/mol. The van der Waals surface area contributed by atoms with Gasteiger partial charge in [0.15, 0.2) is 5.78 Å². The fourth-order valence-corrected chi connectivity index (χ4v) is 1.57. The third-order valence-electron chi connectivity index (χ3n) is 2.61. The largest absolute Gasteiger partial charge is 0.481 e. The minimum absolute atomic E-state index is 0.0693. The number of carboxylic acid groups (broad SMARTS) is 1. The van der Waals surface area contributed by atoms with Crippen molar-refractivity contribution >= 4 is 11.8 Å². The van der Waals surface area contributed by atoms with E-state index in [2.05, 4.69) is 6.92 Å². The standard InChI is InChI=1S/C14H24O3/c1-2-3-4-5-6-7-8-9-10-13(15)11-12-14(16)17/h9-10H,2-8,11-12H2,1H3,(H,16,17)/b10-9-. The number of hydrogen-bond donors (Lipinski definition) is 1. The first-order valence-electron chi connectivity index (χ1n) is 6.58. The lowest BCUT2D eigenvalue weighted by atomic mass is 10.1. The van der Waals surface area contributed by atoms with E-state index < -0.39 is 5.97 Å². The molecule has 0 saturated heterocycles. The zero-order valence-corrected chi connectivity index (χ0v) is 10.8. The van der Waals surface area contributed by atoms with Crippen molar-refractivity contribution in [1.82, 2.24) is 0 Å². The van der Waals surface area contributed by atoms with E-state index in [9.17, 15) is 9.59 Å². The van der Waals surface area contributed by atoms with Crippen LogP contribution in [0.1, 0.15) is 64.7 Å². The van der Waals surface area contributed by atoms with Crippen LogP contribution in [0.3, 0.4) is 0 Å². The molecular weight excluding hydrogens is 216 g/mol. The molecule has 0 aromatic rings. The van der Waals surface area contributed by atoms with Gasteiger partial charge in [0.05, 0.1) is 6.42 Å². The second kappa shape index (κ2) is 11.4. The highest BCUT2D eigenvalue weighted by Gasteiger charge is 2.01. The zero-order chi connectivity index (χ0) is 12.9. The highest BCUT2D eigenvalue weighted by molar-refractivity contribution is 5.91. The van der Waals surface area contributed by atoms with Crippen molar-refractivity contribution in [2.75, 3.05) is 0 Å². The van der Waals surface area contributed by atoms with Gasteiger partial charge < -0.3 is 5.11 Å². The van der Waals surface area contributed by atoms with Gasteiger partial charge in [0, 0.05) is 6.42 Å². The van der Waals surface area contributed by atoms with Gasteiger partial charge in [0.2, 0.25) is 0 Å². The molecule has 0 heterocycles. The van der Waals surface area contributed by atoms with Gasteiger partial charge in [0.25, 0.3) is 0 Å². The summed E-state index contributed by atoms with van der Waals surface area (Å²) in [6.07, 6.45) is 11.8. The SMILES string of the molecule is CCCCCCCC/C=C\C(=O)CCC(=O)O. The van der Waals surface area contributed by atoms with Crippen LogP contribution in [0.15, 0.2) is 12.2 Å². The van der Waals surface area contributed by atoms with Crippen LogP contribution in [-0.4, -0.2) is 16.9 Å². The van der Waals surface area contributed by atoms with E-state index in [-0.39, 0.29) is 18.6 Å². The van der Waals surface area contributed by atoms with E-state index in [4.69, 9.17) is 5.11 Å². The fraction of sp³-hybridized carbons (Fsp3) is 0.714. The summed E-state index contributed by atoms with van der Waals surface area (Å²) < 4.78 is 0. The molecule has 3 heteroatoms. The molecule has 0 aromatic heterocycles. The van der Waals surface area contributed by atoms with E-state index in [0.717, 1.165) is 12.8 Å². The molecule has 3 nitrogen and oxygen atoms in total. The Morgan fingerprint density at radius 2 is 1.65 bits per heavy atom. The average Bonchev–Trinajstić information content (AvgIpc) is 2.30. The first-order valence-corrected chi connectivity index (χ1v) is 6.58. The lowest BCUT2D eigenvalue weighted by Gasteiger charge is -1.97. The van der Waals surface area contributed by atoms with E-state index >= 15 is 0 Å². The smallest absolute Gasteiger partial charge is 0.303 e. The van der Waals surface area contributed by atoms with E-state index in [1.165, 1.54) is 38.2 Å². The van der Waals surface area contributed by atoms with Gasteiger partial charge >= 0.3 is 5.97 Å². The zero-order valence-electron chi connectivity index (χ0n) is 10.8. The molecule has 0 aliphatic carbocycles. The molecular formula is C14H24O3. The molecule has 0 atom stereocenters. The number of carbonyl (C=O) groups is 2. The molecule has 17 heavy (non-hydrogen) atoms. The van der Waals surface area contributed by atoms with E-state index in [1.807, 2.05) is 6.08 Å². The second-order valence-electron chi connectivity index (χ2n) is 4.32. The number of ketones is 1. The average molecular weight is 240 g/mol. The molecule has 0 amide bonds. The van der Waals surface area contributed by atoms with Crippen LogP contribution in [0.25, 0.3) is 0 Å². The maximum atomic E-state index is 11.2. The molecule has 0 aromatic carbocycles. The van der Waals surface area contributed by atoms with Gasteiger partial charge in [0.1, 0.15) is 0 Å². The number of allylic oxidation sites excluding steroid dienone is 2. The molecule has 0 saturated carbocycles. The van der Waals surface area contributed by atoms with Crippen molar-refractivity contribution in [3.63, 3.8) is 0 Å². The Balaban J connectivity index is 3.34. The lowest BCUT2D eigenvalue weighted by Crippen LogP contribution is -2.00. The highest BCUT2D eigenvalue weighted by atomic mass is 16.4. The molecule has 0 unspecified atom stereocenters. The second-order valence-corrected chi connectivity index (χ2v) is 4.32.